The molecule has 1 fully saturated rings. The van der Waals surface area contributed by atoms with Crippen molar-refractivity contribution in [1.29, 1.82) is 0 Å². The van der Waals surface area contributed by atoms with E-state index in [0.29, 0.717) is 28.8 Å². The van der Waals surface area contributed by atoms with Crippen LogP contribution in [0.5, 0.6) is 11.5 Å². The van der Waals surface area contributed by atoms with Gasteiger partial charge in [0.15, 0.2) is 17.0 Å². The van der Waals surface area contributed by atoms with Crippen LogP contribution >= 0.6 is 11.6 Å². The summed E-state index contributed by atoms with van der Waals surface area (Å²) in [6.07, 6.45) is 7.77. The first kappa shape index (κ1) is 22.7. The third kappa shape index (κ3) is 4.24. The molecule has 1 amide bonds. The summed E-state index contributed by atoms with van der Waals surface area (Å²) in [5.74, 6) is 2.61. The van der Waals surface area contributed by atoms with Crippen molar-refractivity contribution < 1.29 is 14.3 Å². The van der Waals surface area contributed by atoms with Crippen molar-refractivity contribution in [2.75, 3.05) is 37.5 Å². The van der Waals surface area contributed by atoms with E-state index in [1.165, 1.54) is 13.5 Å². The van der Waals surface area contributed by atoms with Gasteiger partial charge in [-0.15, -0.1) is 0 Å². The summed E-state index contributed by atoms with van der Waals surface area (Å²) < 4.78 is 12.9. The van der Waals surface area contributed by atoms with Crippen LogP contribution in [0.4, 0.5) is 11.5 Å². The number of carbonyl (C=O) groups is 1. The number of halogens is 1. The van der Waals surface area contributed by atoms with Crippen LogP contribution in [0.2, 0.25) is 5.02 Å². The largest absolute Gasteiger partial charge is 0.495 e. The second-order valence-electron chi connectivity index (χ2n) is 8.82. The number of nitrogens with one attached hydrogen (secondary N) is 1. The van der Waals surface area contributed by atoms with Crippen LogP contribution < -0.4 is 19.7 Å². The highest BCUT2D eigenvalue weighted by atomic mass is 35.5. The van der Waals surface area contributed by atoms with Gasteiger partial charge in [-0.3, -0.25) is 4.79 Å². The molecule has 0 aliphatic carbocycles. The zero-order chi connectivity index (χ0) is 23.7. The smallest absolute Gasteiger partial charge is 0.229 e. The fourth-order valence-electron chi connectivity index (χ4n) is 4.93. The lowest BCUT2D eigenvalue weighted by molar-refractivity contribution is -0.120. The monoisotopic (exact) mass is 484 g/mol. The van der Waals surface area contributed by atoms with Gasteiger partial charge in [-0.25, -0.2) is 15.0 Å². The minimum Gasteiger partial charge on any atom is -0.495 e. The van der Waals surface area contributed by atoms with Crippen molar-refractivity contribution in [2.45, 2.75) is 45.1 Å². The van der Waals surface area contributed by atoms with Crippen LogP contribution in [-0.4, -0.2) is 52.7 Å². The Morgan fingerprint density at radius 1 is 1.09 bits per heavy atom. The van der Waals surface area contributed by atoms with Crippen LogP contribution in [-0.2, 0) is 17.8 Å². The predicted molar refractivity (Wildman–Crippen MR) is 131 cm³/mol. The Hall–Kier alpha value is -3.07. The molecule has 0 saturated carbocycles. The molecule has 1 saturated heterocycles. The molecular weight excluding hydrogens is 456 g/mol. The van der Waals surface area contributed by atoms with E-state index >= 15 is 0 Å². The van der Waals surface area contributed by atoms with Crippen LogP contribution in [0.25, 0.3) is 11.2 Å². The van der Waals surface area contributed by atoms with E-state index in [1.807, 2.05) is 0 Å². The van der Waals surface area contributed by atoms with Crippen molar-refractivity contribution in [2.24, 2.45) is 5.92 Å². The van der Waals surface area contributed by atoms with Gasteiger partial charge < -0.3 is 24.3 Å². The van der Waals surface area contributed by atoms with E-state index < -0.39 is 0 Å². The lowest BCUT2D eigenvalue weighted by atomic mass is 9.97. The van der Waals surface area contributed by atoms with Gasteiger partial charge in [-0.1, -0.05) is 18.0 Å². The van der Waals surface area contributed by atoms with Gasteiger partial charge in [0.2, 0.25) is 5.91 Å². The second kappa shape index (κ2) is 9.66. The van der Waals surface area contributed by atoms with E-state index in [2.05, 4.69) is 24.8 Å². The number of piperidine rings is 1. The summed E-state index contributed by atoms with van der Waals surface area (Å²) in [4.78, 5) is 29.5. The molecule has 0 radical (unpaired) electrons. The number of ether oxygens (including phenoxy) is 2. The maximum absolute atomic E-state index is 13.2. The number of rotatable bonds is 5. The highest BCUT2D eigenvalue weighted by Gasteiger charge is 2.29. The van der Waals surface area contributed by atoms with Gasteiger partial charge in [0, 0.05) is 32.1 Å². The first-order valence-electron chi connectivity index (χ1n) is 11.8. The maximum Gasteiger partial charge on any atom is 0.229 e. The number of hydrogen-bond acceptors (Lipinski definition) is 7. The van der Waals surface area contributed by atoms with Crippen molar-refractivity contribution in [3.63, 3.8) is 0 Å². The minimum atomic E-state index is -0.204. The molecule has 2 aliphatic rings. The Balaban J connectivity index is 1.37. The Kier molecular flexibility index (Phi) is 6.45. The van der Waals surface area contributed by atoms with Crippen molar-refractivity contribution >= 4 is 40.2 Å². The zero-order valence-electron chi connectivity index (χ0n) is 19.5. The summed E-state index contributed by atoms with van der Waals surface area (Å²) in [6.45, 7) is 2.34. The number of aromatic nitrogens is 4. The van der Waals surface area contributed by atoms with Gasteiger partial charge in [0.05, 0.1) is 30.8 Å². The molecule has 1 N–H and O–H groups in total. The number of aryl methyl sites for hydroxylation is 2. The van der Waals surface area contributed by atoms with Gasteiger partial charge in [0.25, 0.3) is 0 Å². The van der Waals surface area contributed by atoms with Crippen LogP contribution in [0.15, 0.2) is 18.5 Å². The van der Waals surface area contributed by atoms with Gasteiger partial charge in [-0.05, 0) is 31.7 Å². The molecule has 5 rings (SSSR count). The van der Waals surface area contributed by atoms with E-state index in [4.69, 9.17) is 26.1 Å². The maximum atomic E-state index is 13.2. The van der Waals surface area contributed by atoms with Crippen molar-refractivity contribution in [1.82, 2.24) is 19.5 Å². The topological polar surface area (TPSA) is 94.4 Å². The summed E-state index contributed by atoms with van der Waals surface area (Å²) >= 11 is 6.28. The molecule has 10 heteroatoms. The first-order chi connectivity index (χ1) is 16.6. The van der Waals surface area contributed by atoms with Gasteiger partial charge in [0.1, 0.15) is 23.7 Å². The molecular formula is C24H29ClN6O3. The van der Waals surface area contributed by atoms with Crippen LogP contribution in [0, 0.1) is 5.92 Å². The Morgan fingerprint density at radius 3 is 2.76 bits per heavy atom. The molecule has 2 aromatic heterocycles. The highest BCUT2D eigenvalue weighted by Crippen LogP contribution is 2.36. The SMILES string of the molecule is COc1cc(OC)c(NC(=O)[C@@H]2CCCN(c3ncnc4c3nc3n4CCCCC3)C2)cc1Cl. The Morgan fingerprint density at radius 2 is 1.94 bits per heavy atom. The number of amides is 1. The van der Waals surface area contributed by atoms with Crippen LogP contribution in [0.1, 0.15) is 37.9 Å². The number of imidazole rings is 1. The molecule has 4 heterocycles. The average Bonchev–Trinajstić information content (AvgIpc) is 3.05. The van der Waals surface area contributed by atoms with E-state index in [1.54, 1.807) is 25.6 Å². The minimum absolute atomic E-state index is 0.0739. The fourth-order valence-corrected chi connectivity index (χ4v) is 5.17. The second-order valence-corrected chi connectivity index (χ2v) is 9.23. The molecule has 180 valence electrons. The quantitative estimate of drug-likeness (QED) is 0.583. The highest BCUT2D eigenvalue weighted by molar-refractivity contribution is 6.32. The van der Waals surface area contributed by atoms with Crippen molar-refractivity contribution in [3.8, 4) is 11.5 Å². The summed E-state index contributed by atoms with van der Waals surface area (Å²) in [7, 11) is 3.09. The van der Waals surface area contributed by atoms with E-state index in [0.717, 1.165) is 68.0 Å². The number of hydrogen-bond donors (Lipinski definition) is 1. The first-order valence-corrected chi connectivity index (χ1v) is 12.1. The number of anilines is 2. The third-order valence-electron chi connectivity index (χ3n) is 6.70. The number of fused-ring (bicyclic) bond motifs is 3. The molecule has 3 aromatic rings. The zero-order valence-corrected chi connectivity index (χ0v) is 20.3. The standard InChI is InChI=1S/C24H29ClN6O3/c1-33-18-12-19(34-2)17(11-16(18)25)28-24(32)15-7-6-9-30(13-15)22-21-23(27-14-26-22)31-10-5-3-4-8-20(31)29-21/h11-12,14-15H,3-10,13H2,1-2H3,(H,28,32)/t15-/m1/s1. The summed E-state index contributed by atoms with van der Waals surface area (Å²) in [5.41, 5.74) is 2.26. The Labute approximate surface area is 203 Å². The van der Waals surface area contributed by atoms with Crippen LogP contribution in [0.3, 0.4) is 0 Å². The predicted octanol–water partition coefficient (Wildman–Crippen LogP) is 4.08. The van der Waals surface area contributed by atoms with E-state index in [9.17, 15) is 4.79 Å². The molecule has 0 spiro atoms. The molecule has 9 nitrogen and oxygen atoms in total. The number of benzene rings is 1. The number of methoxy groups -OCH3 is 2. The summed E-state index contributed by atoms with van der Waals surface area (Å²) in [6, 6.07) is 3.33. The molecule has 0 unspecified atom stereocenters. The number of nitrogens with zero attached hydrogens (tertiary/aromatic N) is 5. The molecule has 0 bridgehead atoms. The molecule has 34 heavy (non-hydrogen) atoms. The lowest BCUT2D eigenvalue weighted by Gasteiger charge is -2.33. The third-order valence-corrected chi connectivity index (χ3v) is 6.99. The normalized spacial score (nSPS) is 18.3. The Bertz CT molecular complexity index is 1210. The average molecular weight is 485 g/mol. The molecule has 2 aliphatic heterocycles. The molecule has 1 aromatic carbocycles. The summed E-state index contributed by atoms with van der Waals surface area (Å²) in [5, 5.41) is 3.41. The number of carbonyl (C=O) groups excluding carboxylic acids is 1. The van der Waals surface area contributed by atoms with E-state index in [-0.39, 0.29) is 11.8 Å². The fraction of sp³-hybridized carbons (Fsp3) is 0.500. The van der Waals surface area contributed by atoms with Gasteiger partial charge in [-0.2, -0.15) is 0 Å². The lowest BCUT2D eigenvalue weighted by Crippen LogP contribution is -2.41. The van der Waals surface area contributed by atoms with Crippen molar-refractivity contribution in [3.05, 3.63) is 29.3 Å². The molecule has 1 atom stereocenters. The van der Waals surface area contributed by atoms with Gasteiger partial charge >= 0.3 is 0 Å².